The monoisotopic (exact) mass is 318 g/mol. The highest BCUT2D eigenvalue weighted by Crippen LogP contribution is 2.18. The molecule has 120 valence electrons. The lowest BCUT2D eigenvalue weighted by Crippen LogP contribution is -2.21. The number of ether oxygens (including phenoxy) is 1. The number of benzene rings is 3. The van der Waals surface area contributed by atoms with Crippen molar-refractivity contribution in [2.24, 2.45) is 21.7 Å². The van der Waals surface area contributed by atoms with Crippen LogP contribution in [-0.4, -0.2) is 12.2 Å². The molecule has 0 fully saturated rings. The molecule has 4 N–H and O–H groups in total. The zero-order chi connectivity index (χ0) is 16.8. The highest BCUT2D eigenvalue weighted by atomic mass is 16.5. The summed E-state index contributed by atoms with van der Waals surface area (Å²) >= 11 is 0. The Morgan fingerprint density at radius 2 is 1.67 bits per heavy atom. The Bertz CT molecular complexity index is 881. The molecular weight excluding hydrogens is 300 g/mol. The number of hydrogen-bond acceptors (Lipinski definition) is 3. The first-order valence-corrected chi connectivity index (χ1v) is 7.53. The Kier molecular flexibility index (Phi) is 4.72. The maximum atomic E-state index is 5.83. The fraction of sp³-hybridized carbons (Fsp3) is 0.0526. The smallest absolute Gasteiger partial charge is 0.211 e. The van der Waals surface area contributed by atoms with E-state index in [9.17, 15) is 0 Å². The summed E-state index contributed by atoms with van der Waals surface area (Å²) in [7, 11) is 0. The van der Waals surface area contributed by atoms with E-state index in [1.54, 1.807) is 6.21 Å². The van der Waals surface area contributed by atoms with E-state index in [1.807, 2.05) is 36.4 Å². The van der Waals surface area contributed by atoms with Crippen LogP contribution < -0.4 is 16.2 Å². The molecule has 0 aromatic heterocycles. The summed E-state index contributed by atoms with van der Waals surface area (Å²) in [5.41, 5.74) is 12.4. The zero-order valence-electron chi connectivity index (χ0n) is 13.1. The molecule has 0 bridgehead atoms. The van der Waals surface area contributed by atoms with Crippen LogP contribution in [0.3, 0.4) is 0 Å². The van der Waals surface area contributed by atoms with E-state index >= 15 is 0 Å². The van der Waals surface area contributed by atoms with E-state index in [1.165, 1.54) is 10.8 Å². The van der Waals surface area contributed by atoms with Crippen molar-refractivity contribution in [3.8, 4) is 5.75 Å². The average molecular weight is 318 g/mol. The van der Waals surface area contributed by atoms with Crippen LogP contribution in [-0.2, 0) is 6.61 Å². The van der Waals surface area contributed by atoms with Gasteiger partial charge in [0.15, 0.2) is 0 Å². The van der Waals surface area contributed by atoms with Crippen LogP contribution in [0.5, 0.6) is 5.75 Å². The summed E-state index contributed by atoms with van der Waals surface area (Å²) in [6.07, 6.45) is 1.58. The molecule has 0 saturated heterocycles. The van der Waals surface area contributed by atoms with Crippen molar-refractivity contribution in [2.75, 3.05) is 0 Å². The molecule has 0 radical (unpaired) electrons. The normalized spacial score (nSPS) is 10.8. The molecule has 3 rings (SSSR count). The van der Waals surface area contributed by atoms with Crippen LogP contribution in [0.25, 0.3) is 10.8 Å². The number of guanidine groups is 1. The molecule has 0 amide bonds. The molecule has 0 aliphatic carbocycles. The van der Waals surface area contributed by atoms with Crippen molar-refractivity contribution in [3.63, 3.8) is 0 Å². The Morgan fingerprint density at radius 1 is 0.917 bits per heavy atom. The second-order valence-electron chi connectivity index (χ2n) is 5.31. The van der Waals surface area contributed by atoms with E-state index in [-0.39, 0.29) is 5.96 Å². The molecular formula is C19H18N4O. The van der Waals surface area contributed by atoms with Gasteiger partial charge in [-0.1, -0.05) is 36.4 Å². The summed E-state index contributed by atoms with van der Waals surface area (Å²) < 4.78 is 5.83. The van der Waals surface area contributed by atoms with Gasteiger partial charge < -0.3 is 16.2 Å². The van der Waals surface area contributed by atoms with E-state index in [4.69, 9.17) is 16.2 Å². The van der Waals surface area contributed by atoms with Gasteiger partial charge in [-0.15, -0.1) is 5.10 Å². The molecule has 5 nitrogen and oxygen atoms in total. The maximum absolute atomic E-state index is 5.83. The molecule has 3 aromatic carbocycles. The molecule has 0 aliphatic heterocycles. The van der Waals surface area contributed by atoms with Crippen molar-refractivity contribution in [1.82, 2.24) is 0 Å². The quantitative estimate of drug-likeness (QED) is 0.431. The van der Waals surface area contributed by atoms with E-state index < -0.39 is 0 Å². The Hall–Kier alpha value is -3.34. The maximum Gasteiger partial charge on any atom is 0.211 e. The molecule has 24 heavy (non-hydrogen) atoms. The van der Waals surface area contributed by atoms with Gasteiger partial charge in [-0.2, -0.15) is 5.10 Å². The van der Waals surface area contributed by atoms with Crippen LogP contribution in [0.4, 0.5) is 0 Å². The molecule has 3 aromatic rings. The largest absolute Gasteiger partial charge is 0.489 e. The van der Waals surface area contributed by atoms with Crippen molar-refractivity contribution in [3.05, 3.63) is 77.9 Å². The van der Waals surface area contributed by atoms with Gasteiger partial charge in [0.25, 0.3) is 0 Å². The fourth-order valence-electron chi connectivity index (χ4n) is 2.31. The third-order valence-corrected chi connectivity index (χ3v) is 3.48. The van der Waals surface area contributed by atoms with Crippen molar-refractivity contribution < 1.29 is 4.74 Å². The molecule has 0 heterocycles. The van der Waals surface area contributed by atoms with Gasteiger partial charge in [-0.05, 0) is 52.2 Å². The lowest BCUT2D eigenvalue weighted by Gasteiger charge is -2.07. The topological polar surface area (TPSA) is 86.0 Å². The lowest BCUT2D eigenvalue weighted by atomic mass is 10.1. The van der Waals surface area contributed by atoms with Crippen LogP contribution in [0, 0.1) is 0 Å². The number of nitrogens with zero attached hydrogens (tertiary/aromatic N) is 2. The predicted octanol–water partition coefficient (Wildman–Crippen LogP) is 3.03. The number of nitrogens with two attached hydrogens (primary N) is 2. The molecule has 0 aliphatic rings. The van der Waals surface area contributed by atoms with Crippen molar-refractivity contribution in [1.29, 1.82) is 0 Å². The highest BCUT2D eigenvalue weighted by molar-refractivity contribution is 5.83. The fourth-order valence-corrected chi connectivity index (χ4v) is 2.31. The Balaban J connectivity index is 1.63. The summed E-state index contributed by atoms with van der Waals surface area (Å²) in [5.74, 6) is 0.726. The SMILES string of the molecule is NC(N)=NN=Cc1ccc(OCc2ccc3ccccc3c2)cc1. The van der Waals surface area contributed by atoms with Gasteiger partial charge in [-0.25, -0.2) is 0 Å². The first-order chi connectivity index (χ1) is 11.7. The van der Waals surface area contributed by atoms with Crippen molar-refractivity contribution >= 4 is 22.9 Å². The summed E-state index contributed by atoms with van der Waals surface area (Å²) in [6.45, 7) is 0.520. The summed E-state index contributed by atoms with van der Waals surface area (Å²) in [6, 6.07) is 22.2. The van der Waals surface area contributed by atoms with E-state index in [0.29, 0.717) is 6.61 Å². The molecule has 5 heteroatoms. The third kappa shape index (κ3) is 4.10. The van der Waals surface area contributed by atoms with Crippen molar-refractivity contribution in [2.45, 2.75) is 6.61 Å². The number of hydrogen-bond donors (Lipinski definition) is 2. The first kappa shape index (κ1) is 15.6. The van der Waals surface area contributed by atoms with Crippen LogP contribution in [0.2, 0.25) is 0 Å². The summed E-state index contributed by atoms with van der Waals surface area (Å²) in [4.78, 5) is 0. The van der Waals surface area contributed by atoms with Crippen LogP contribution in [0.15, 0.2) is 76.9 Å². The molecule has 0 atom stereocenters. The van der Waals surface area contributed by atoms with E-state index in [0.717, 1.165) is 16.9 Å². The molecule has 0 unspecified atom stereocenters. The standard InChI is InChI=1S/C19H18N4O/c20-19(21)23-22-12-14-6-9-18(10-7-14)24-13-15-5-8-16-3-1-2-4-17(16)11-15/h1-12H,13H2,(H4,20,21,23). The van der Waals surface area contributed by atoms with Crippen LogP contribution in [0.1, 0.15) is 11.1 Å². The second kappa shape index (κ2) is 7.28. The van der Waals surface area contributed by atoms with Gasteiger partial charge in [0.2, 0.25) is 5.96 Å². The summed E-state index contributed by atoms with van der Waals surface area (Å²) in [5, 5.41) is 9.76. The van der Waals surface area contributed by atoms with Gasteiger partial charge in [0.05, 0.1) is 6.21 Å². The van der Waals surface area contributed by atoms with Gasteiger partial charge in [0.1, 0.15) is 12.4 Å². The highest BCUT2D eigenvalue weighted by Gasteiger charge is 1.99. The minimum absolute atomic E-state index is 0.0680. The van der Waals surface area contributed by atoms with Gasteiger partial charge in [0, 0.05) is 0 Å². The van der Waals surface area contributed by atoms with Gasteiger partial charge >= 0.3 is 0 Å². The van der Waals surface area contributed by atoms with Gasteiger partial charge in [-0.3, -0.25) is 0 Å². The number of rotatable bonds is 5. The zero-order valence-corrected chi connectivity index (χ0v) is 13.1. The average Bonchev–Trinajstić information content (AvgIpc) is 2.60. The Morgan fingerprint density at radius 3 is 2.42 bits per heavy atom. The minimum atomic E-state index is -0.0680. The molecule has 0 saturated carbocycles. The third-order valence-electron chi connectivity index (χ3n) is 3.48. The van der Waals surface area contributed by atoms with Crippen LogP contribution >= 0.6 is 0 Å². The second-order valence-corrected chi connectivity index (χ2v) is 5.31. The minimum Gasteiger partial charge on any atom is -0.489 e. The predicted molar refractivity (Wildman–Crippen MR) is 98.1 cm³/mol. The first-order valence-electron chi connectivity index (χ1n) is 7.53. The molecule has 0 spiro atoms. The Labute approximate surface area is 140 Å². The lowest BCUT2D eigenvalue weighted by molar-refractivity contribution is 0.306. The number of fused-ring (bicyclic) bond motifs is 1. The van der Waals surface area contributed by atoms with E-state index in [2.05, 4.69) is 40.5 Å².